The van der Waals surface area contributed by atoms with Crippen LogP contribution in [0.15, 0.2) is 22.7 Å². The number of ether oxygens (including phenoxy) is 1. The second-order valence-electron chi connectivity index (χ2n) is 5.60. The Kier molecular flexibility index (Phi) is 5.18. The van der Waals surface area contributed by atoms with Crippen molar-refractivity contribution in [1.82, 2.24) is 0 Å². The van der Waals surface area contributed by atoms with E-state index in [2.05, 4.69) is 35.1 Å². The first-order valence-corrected chi connectivity index (χ1v) is 7.78. The topological polar surface area (TPSA) is 42.8 Å². The summed E-state index contributed by atoms with van der Waals surface area (Å²) in [6, 6.07) is 5.86. The van der Waals surface area contributed by atoms with Gasteiger partial charge < -0.3 is 15.0 Å². The van der Waals surface area contributed by atoms with E-state index in [-0.39, 0.29) is 18.1 Å². The number of quaternary nitrogens is 1. The van der Waals surface area contributed by atoms with E-state index in [1.54, 1.807) is 0 Å². The molecular weight excluding hydrogens is 320 g/mol. The lowest BCUT2D eigenvalue weighted by Gasteiger charge is -2.31. The molecule has 2 rings (SSSR count). The Morgan fingerprint density at radius 1 is 1.40 bits per heavy atom. The summed E-state index contributed by atoms with van der Waals surface area (Å²) in [6.45, 7) is 8.40. The molecule has 1 aliphatic heterocycles. The van der Waals surface area contributed by atoms with Crippen molar-refractivity contribution in [3.63, 3.8) is 0 Å². The van der Waals surface area contributed by atoms with Crippen molar-refractivity contribution in [2.24, 2.45) is 0 Å². The normalized spacial score (nSPS) is 26.3. The summed E-state index contributed by atoms with van der Waals surface area (Å²) in [5, 5.41) is 2.96. The predicted molar refractivity (Wildman–Crippen MR) is 83.1 cm³/mol. The molecule has 1 saturated heterocycles. The summed E-state index contributed by atoms with van der Waals surface area (Å²) in [7, 11) is 0. The summed E-state index contributed by atoms with van der Waals surface area (Å²) in [6.07, 6.45) is 0.435. The second kappa shape index (κ2) is 6.70. The monoisotopic (exact) mass is 341 g/mol. The molecule has 1 unspecified atom stereocenters. The van der Waals surface area contributed by atoms with Crippen LogP contribution in [-0.2, 0) is 9.53 Å². The van der Waals surface area contributed by atoms with Crippen molar-refractivity contribution in [1.29, 1.82) is 0 Å². The van der Waals surface area contributed by atoms with Crippen molar-refractivity contribution in [2.45, 2.75) is 33.0 Å². The number of rotatable bonds is 3. The zero-order valence-corrected chi connectivity index (χ0v) is 13.8. The van der Waals surface area contributed by atoms with Gasteiger partial charge in [-0.15, -0.1) is 0 Å². The average Bonchev–Trinajstić information content (AvgIpc) is 2.32. The van der Waals surface area contributed by atoms with Crippen molar-refractivity contribution in [3.05, 3.63) is 28.2 Å². The molecule has 1 amide bonds. The molecule has 0 radical (unpaired) electrons. The van der Waals surface area contributed by atoms with Gasteiger partial charge in [0.15, 0.2) is 6.54 Å². The van der Waals surface area contributed by atoms with Gasteiger partial charge in [-0.1, -0.05) is 22.0 Å². The minimum atomic E-state index is 0.0528. The summed E-state index contributed by atoms with van der Waals surface area (Å²) in [5.74, 6) is 0.0528. The number of morpholine rings is 1. The Labute approximate surface area is 128 Å². The molecule has 2 N–H and O–H groups in total. The highest BCUT2D eigenvalue weighted by Gasteiger charge is 2.27. The first-order valence-electron chi connectivity index (χ1n) is 6.99. The number of benzene rings is 1. The third-order valence-corrected chi connectivity index (χ3v) is 4.34. The number of nitrogens with one attached hydrogen (secondary N) is 2. The number of anilines is 1. The van der Waals surface area contributed by atoms with Crippen LogP contribution in [0.25, 0.3) is 0 Å². The Bertz CT molecular complexity index is 483. The molecule has 1 fully saturated rings. The van der Waals surface area contributed by atoms with E-state index in [0.717, 1.165) is 28.8 Å². The Hall–Kier alpha value is -0.910. The van der Waals surface area contributed by atoms with Crippen LogP contribution >= 0.6 is 15.9 Å². The van der Waals surface area contributed by atoms with Gasteiger partial charge in [0.25, 0.3) is 5.91 Å². The van der Waals surface area contributed by atoms with Crippen molar-refractivity contribution in [2.75, 3.05) is 25.0 Å². The fourth-order valence-electron chi connectivity index (χ4n) is 2.64. The summed E-state index contributed by atoms with van der Waals surface area (Å²) in [4.78, 5) is 13.4. The number of carbonyl (C=O) groups is 1. The molecule has 20 heavy (non-hydrogen) atoms. The maximum Gasteiger partial charge on any atom is 0.279 e. The third-order valence-electron chi connectivity index (χ3n) is 3.48. The predicted octanol–water partition coefficient (Wildman–Crippen LogP) is 1.39. The fourth-order valence-corrected chi connectivity index (χ4v) is 3.02. The van der Waals surface area contributed by atoms with Gasteiger partial charge in [0, 0.05) is 10.2 Å². The number of carbonyl (C=O) groups excluding carboxylic acids is 1. The number of aryl methyl sites for hydroxylation is 1. The van der Waals surface area contributed by atoms with Crippen LogP contribution in [0.2, 0.25) is 0 Å². The molecule has 4 nitrogen and oxygen atoms in total. The van der Waals surface area contributed by atoms with Crippen molar-refractivity contribution in [3.8, 4) is 0 Å². The van der Waals surface area contributed by atoms with E-state index in [1.165, 1.54) is 4.90 Å². The van der Waals surface area contributed by atoms with Gasteiger partial charge in [-0.3, -0.25) is 4.79 Å². The quantitative estimate of drug-likeness (QED) is 0.872. The van der Waals surface area contributed by atoms with Gasteiger partial charge in [-0.25, -0.2) is 0 Å². The largest absolute Gasteiger partial charge is 0.364 e. The molecule has 0 saturated carbocycles. The van der Waals surface area contributed by atoms with Gasteiger partial charge in [-0.05, 0) is 38.5 Å². The zero-order valence-electron chi connectivity index (χ0n) is 12.2. The standard InChI is InChI=1S/C15H21BrN2O2/c1-10-4-5-13(6-14(10)16)17-15(19)9-18-7-11(2)20-12(3)8-18/h4-6,11-12H,7-9H2,1-3H3,(H,17,19)/p+1/t11-,12+. The van der Waals surface area contributed by atoms with Gasteiger partial charge in [0.05, 0.1) is 0 Å². The summed E-state index contributed by atoms with van der Waals surface area (Å²) < 4.78 is 6.70. The molecule has 0 spiro atoms. The van der Waals surface area contributed by atoms with E-state index in [4.69, 9.17) is 4.74 Å². The van der Waals surface area contributed by atoms with Crippen LogP contribution in [0.1, 0.15) is 19.4 Å². The van der Waals surface area contributed by atoms with Gasteiger partial charge in [0.2, 0.25) is 0 Å². The van der Waals surface area contributed by atoms with E-state index in [0.29, 0.717) is 6.54 Å². The molecule has 1 aliphatic rings. The third kappa shape index (κ3) is 4.30. The molecule has 0 bridgehead atoms. The number of hydrogen-bond donors (Lipinski definition) is 2. The Balaban J connectivity index is 1.90. The Morgan fingerprint density at radius 3 is 2.65 bits per heavy atom. The molecule has 1 aromatic carbocycles. The van der Waals surface area contributed by atoms with Gasteiger partial charge >= 0.3 is 0 Å². The number of hydrogen-bond acceptors (Lipinski definition) is 2. The molecule has 0 aromatic heterocycles. The smallest absolute Gasteiger partial charge is 0.279 e. The van der Waals surface area contributed by atoms with E-state index in [9.17, 15) is 4.79 Å². The van der Waals surface area contributed by atoms with E-state index in [1.807, 2.05) is 25.1 Å². The van der Waals surface area contributed by atoms with Gasteiger partial charge in [-0.2, -0.15) is 0 Å². The maximum absolute atomic E-state index is 12.1. The first kappa shape index (κ1) is 15.5. The molecule has 1 aromatic rings. The number of halogens is 1. The van der Waals surface area contributed by atoms with Crippen LogP contribution in [0.5, 0.6) is 0 Å². The van der Waals surface area contributed by atoms with Crippen LogP contribution in [0.3, 0.4) is 0 Å². The molecule has 5 heteroatoms. The average molecular weight is 342 g/mol. The second-order valence-corrected chi connectivity index (χ2v) is 6.46. The van der Waals surface area contributed by atoms with Gasteiger partial charge in [0.1, 0.15) is 25.3 Å². The lowest BCUT2D eigenvalue weighted by Crippen LogP contribution is -3.16. The lowest BCUT2D eigenvalue weighted by molar-refractivity contribution is -0.907. The first-order chi connectivity index (χ1) is 9.44. The van der Waals surface area contributed by atoms with Crippen LogP contribution in [0.4, 0.5) is 5.69 Å². The molecular formula is C15H22BrN2O2+. The molecule has 3 atom stereocenters. The minimum Gasteiger partial charge on any atom is -0.364 e. The Morgan fingerprint density at radius 2 is 2.05 bits per heavy atom. The fraction of sp³-hybridized carbons (Fsp3) is 0.533. The summed E-state index contributed by atoms with van der Waals surface area (Å²) in [5.41, 5.74) is 1.99. The zero-order chi connectivity index (χ0) is 14.7. The van der Waals surface area contributed by atoms with E-state index < -0.39 is 0 Å². The molecule has 1 heterocycles. The van der Waals surface area contributed by atoms with Crippen LogP contribution < -0.4 is 10.2 Å². The summed E-state index contributed by atoms with van der Waals surface area (Å²) >= 11 is 3.48. The molecule has 0 aliphatic carbocycles. The lowest BCUT2D eigenvalue weighted by atomic mass is 10.2. The minimum absolute atomic E-state index is 0.0528. The molecule has 110 valence electrons. The van der Waals surface area contributed by atoms with Crippen LogP contribution in [0, 0.1) is 6.92 Å². The maximum atomic E-state index is 12.1. The van der Waals surface area contributed by atoms with Crippen molar-refractivity contribution < 1.29 is 14.4 Å². The van der Waals surface area contributed by atoms with Crippen LogP contribution in [-0.4, -0.2) is 37.7 Å². The van der Waals surface area contributed by atoms with E-state index >= 15 is 0 Å². The number of amides is 1. The highest BCUT2D eigenvalue weighted by atomic mass is 79.9. The highest BCUT2D eigenvalue weighted by molar-refractivity contribution is 9.10. The highest BCUT2D eigenvalue weighted by Crippen LogP contribution is 2.20. The van der Waals surface area contributed by atoms with Crippen molar-refractivity contribution >= 4 is 27.5 Å². The SMILES string of the molecule is Cc1ccc(NC(=O)C[NH+]2C[C@@H](C)O[C@@H](C)C2)cc1Br.